The average molecular weight is 170 g/mol. The molecule has 0 saturated heterocycles. The second kappa shape index (κ2) is 2.10. The number of benzene rings is 2. The maximum absolute atomic E-state index is 10.6. The van der Waals surface area contributed by atoms with Crippen molar-refractivity contribution in [2.45, 2.75) is 0 Å². The van der Waals surface area contributed by atoms with Gasteiger partial charge >= 0.3 is 0 Å². The quantitative estimate of drug-likeness (QED) is 0.415. The van der Waals surface area contributed by atoms with E-state index in [1.807, 2.05) is 30.3 Å². The van der Waals surface area contributed by atoms with Crippen molar-refractivity contribution in [1.29, 1.82) is 0 Å². The van der Waals surface area contributed by atoms with Crippen molar-refractivity contribution in [3.8, 4) is 11.5 Å². The number of carbonyl (C=O) groups excluding carboxylic acids is 1. The molecule has 1 aliphatic heterocycles. The zero-order chi connectivity index (χ0) is 8.84. The summed E-state index contributed by atoms with van der Waals surface area (Å²) in [5.74, 6) is 1.61. The lowest BCUT2D eigenvalue weighted by molar-refractivity contribution is 0.112. The third-order valence-electron chi connectivity index (χ3n) is 2.27. The largest absolute Gasteiger partial charge is 0.448 e. The van der Waals surface area contributed by atoms with E-state index in [9.17, 15) is 4.79 Å². The van der Waals surface area contributed by atoms with Gasteiger partial charge in [0, 0.05) is 5.39 Å². The summed E-state index contributed by atoms with van der Waals surface area (Å²) in [5.41, 5.74) is 0.647. The van der Waals surface area contributed by atoms with E-state index >= 15 is 0 Å². The van der Waals surface area contributed by atoms with Crippen LogP contribution in [0, 0.1) is 0 Å². The Kier molecular flexibility index (Phi) is 1.08. The Morgan fingerprint density at radius 2 is 2.00 bits per heavy atom. The summed E-state index contributed by atoms with van der Waals surface area (Å²) in [4.78, 5) is 10.6. The number of aldehydes is 1. The highest BCUT2D eigenvalue weighted by Gasteiger charge is 2.27. The molecule has 0 aliphatic carbocycles. The van der Waals surface area contributed by atoms with Crippen LogP contribution >= 0.6 is 0 Å². The van der Waals surface area contributed by atoms with Crippen LogP contribution in [0.4, 0.5) is 0 Å². The molecule has 0 amide bonds. The Bertz CT molecular complexity index is 515. The molecule has 2 aromatic carbocycles. The van der Waals surface area contributed by atoms with Crippen LogP contribution in [0.5, 0.6) is 11.5 Å². The van der Waals surface area contributed by atoms with Crippen molar-refractivity contribution in [2.24, 2.45) is 0 Å². The number of fused-ring (bicyclic) bond motifs is 3. The fourth-order valence-electron chi connectivity index (χ4n) is 1.59. The highest BCUT2D eigenvalue weighted by atomic mass is 16.6. The first-order valence-corrected chi connectivity index (χ1v) is 4.09. The fourth-order valence-corrected chi connectivity index (χ4v) is 1.59. The van der Waals surface area contributed by atoms with E-state index in [0.717, 1.165) is 28.6 Å². The lowest BCUT2D eigenvalue weighted by atomic mass is 10.1. The maximum Gasteiger partial charge on any atom is 0.181 e. The van der Waals surface area contributed by atoms with Gasteiger partial charge in [-0.05, 0) is 11.5 Å². The molecule has 0 aromatic heterocycles. The molecule has 0 fully saturated rings. The van der Waals surface area contributed by atoms with E-state index in [2.05, 4.69) is 0 Å². The molecule has 0 bridgehead atoms. The van der Waals surface area contributed by atoms with Gasteiger partial charge in [0.05, 0.1) is 5.56 Å². The number of rotatable bonds is 1. The number of hydrogen-bond acceptors (Lipinski definition) is 2. The molecule has 0 radical (unpaired) electrons. The Morgan fingerprint density at radius 1 is 1.15 bits per heavy atom. The summed E-state index contributed by atoms with van der Waals surface area (Å²) in [6, 6.07) is 9.74. The van der Waals surface area contributed by atoms with E-state index in [1.165, 1.54) is 0 Å². The predicted octanol–water partition coefficient (Wildman–Crippen LogP) is 2.76. The van der Waals surface area contributed by atoms with Crippen LogP contribution in [-0.2, 0) is 0 Å². The van der Waals surface area contributed by atoms with Gasteiger partial charge in [-0.1, -0.05) is 24.3 Å². The number of ether oxygens (including phenoxy) is 1. The Morgan fingerprint density at radius 3 is 2.85 bits per heavy atom. The minimum Gasteiger partial charge on any atom is -0.448 e. The zero-order valence-corrected chi connectivity index (χ0v) is 6.78. The third-order valence-corrected chi connectivity index (χ3v) is 2.27. The first-order chi connectivity index (χ1) is 6.40. The van der Waals surface area contributed by atoms with Gasteiger partial charge in [0.1, 0.15) is 0 Å². The summed E-state index contributed by atoms with van der Waals surface area (Å²) in [6.45, 7) is 0. The van der Waals surface area contributed by atoms with E-state index in [1.54, 1.807) is 0 Å². The van der Waals surface area contributed by atoms with Crippen molar-refractivity contribution < 1.29 is 9.53 Å². The van der Waals surface area contributed by atoms with Crippen LogP contribution in [0.3, 0.4) is 0 Å². The van der Waals surface area contributed by atoms with E-state index in [0.29, 0.717) is 5.56 Å². The smallest absolute Gasteiger partial charge is 0.181 e. The maximum atomic E-state index is 10.6. The van der Waals surface area contributed by atoms with Crippen LogP contribution in [0.15, 0.2) is 30.3 Å². The van der Waals surface area contributed by atoms with Gasteiger partial charge in [0.15, 0.2) is 17.8 Å². The molecule has 2 nitrogen and oxygen atoms in total. The fraction of sp³-hybridized carbons (Fsp3) is 0. The van der Waals surface area contributed by atoms with Crippen molar-refractivity contribution in [1.82, 2.24) is 0 Å². The summed E-state index contributed by atoms with van der Waals surface area (Å²) < 4.78 is 5.24. The first kappa shape index (κ1) is 6.66. The highest BCUT2D eigenvalue weighted by Crippen LogP contribution is 2.52. The van der Waals surface area contributed by atoms with Crippen LogP contribution < -0.4 is 4.74 Å². The molecule has 0 spiro atoms. The molecule has 0 atom stereocenters. The molecule has 1 heterocycles. The normalized spacial score (nSPS) is 12.0. The molecule has 2 heteroatoms. The molecule has 0 unspecified atom stereocenters. The van der Waals surface area contributed by atoms with Crippen molar-refractivity contribution in [3.63, 3.8) is 0 Å². The first-order valence-electron chi connectivity index (χ1n) is 4.09. The standard InChI is InChI=1S/C11H6O2/c12-6-8-5-7-3-1-2-4-9(7)11-10(8)13-11/h1-6H. The van der Waals surface area contributed by atoms with Crippen LogP contribution in [0.2, 0.25) is 0 Å². The molecule has 0 N–H and O–H groups in total. The summed E-state index contributed by atoms with van der Waals surface area (Å²) in [5, 5.41) is 2.14. The molecule has 0 saturated carbocycles. The van der Waals surface area contributed by atoms with E-state index in [-0.39, 0.29) is 0 Å². The molecular weight excluding hydrogens is 164 g/mol. The second-order valence-electron chi connectivity index (χ2n) is 3.07. The average Bonchev–Trinajstić information content (AvgIpc) is 2.96. The Hall–Kier alpha value is -1.83. The van der Waals surface area contributed by atoms with Crippen molar-refractivity contribution in [2.75, 3.05) is 0 Å². The van der Waals surface area contributed by atoms with Gasteiger partial charge in [0.25, 0.3) is 0 Å². The number of carbonyl (C=O) groups is 1. The minimum atomic E-state index is 0.647. The van der Waals surface area contributed by atoms with E-state index in [4.69, 9.17) is 4.74 Å². The molecule has 13 heavy (non-hydrogen) atoms. The van der Waals surface area contributed by atoms with Gasteiger partial charge < -0.3 is 4.74 Å². The highest BCUT2D eigenvalue weighted by molar-refractivity contribution is 6.01. The van der Waals surface area contributed by atoms with Crippen molar-refractivity contribution in [3.05, 3.63) is 35.9 Å². The second-order valence-corrected chi connectivity index (χ2v) is 3.07. The number of hydrogen-bond donors (Lipinski definition) is 0. The van der Waals surface area contributed by atoms with Crippen LogP contribution in [0.1, 0.15) is 10.4 Å². The van der Waals surface area contributed by atoms with Crippen molar-refractivity contribution >= 4 is 17.1 Å². The molecular formula is C11H6O2. The lowest BCUT2D eigenvalue weighted by Gasteiger charge is -1.91. The molecule has 62 valence electrons. The molecule has 2 aromatic rings. The van der Waals surface area contributed by atoms with E-state index < -0.39 is 0 Å². The Labute approximate surface area is 74.7 Å². The van der Waals surface area contributed by atoms with Gasteiger partial charge in [-0.15, -0.1) is 0 Å². The summed E-state index contributed by atoms with van der Waals surface area (Å²) in [6.07, 6.45) is 0.832. The minimum absolute atomic E-state index is 0.647. The van der Waals surface area contributed by atoms with Crippen LogP contribution in [-0.4, -0.2) is 6.29 Å². The Balaban J connectivity index is 2.47. The van der Waals surface area contributed by atoms with Gasteiger partial charge in [0.2, 0.25) is 0 Å². The summed E-state index contributed by atoms with van der Waals surface area (Å²) in [7, 11) is 0. The van der Waals surface area contributed by atoms with Crippen LogP contribution in [0.25, 0.3) is 10.8 Å². The predicted molar refractivity (Wildman–Crippen MR) is 49.4 cm³/mol. The lowest BCUT2D eigenvalue weighted by Crippen LogP contribution is -1.74. The monoisotopic (exact) mass is 170 g/mol. The zero-order valence-electron chi connectivity index (χ0n) is 6.78. The molecule has 3 rings (SSSR count). The van der Waals surface area contributed by atoms with Gasteiger partial charge in [-0.2, -0.15) is 0 Å². The third kappa shape index (κ3) is 0.798. The SMILES string of the molecule is O=Cc1cc2ccccc2c2c1O2. The summed E-state index contributed by atoms with van der Waals surface area (Å²) >= 11 is 0. The van der Waals surface area contributed by atoms with Gasteiger partial charge in [-0.3, -0.25) is 4.79 Å². The van der Waals surface area contributed by atoms with Gasteiger partial charge in [-0.25, -0.2) is 0 Å². The molecule has 1 aliphatic rings. The topological polar surface area (TPSA) is 29.6 Å².